The molecule has 3 aromatic carbocycles. The maximum atomic E-state index is 13.0. The van der Waals surface area contributed by atoms with Crippen LogP contribution >= 0.6 is 23.2 Å². The van der Waals surface area contributed by atoms with E-state index in [4.69, 9.17) is 27.9 Å². The number of imide groups is 1. The summed E-state index contributed by atoms with van der Waals surface area (Å²) in [5.74, 6) is -1.11. The van der Waals surface area contributed by atoms with Crippen molar-refractivity contribution in [3.63, 3.8) is 0 Å². The van der Waals surface area contributed by atoms with E-state index in [9.17, 15) is 14.4 Å². The van der Waals surface area contributed by atoms with E-state index in [0.29, 0.717) is 33.4 Å². The lowest BCUT2D eigenvalue weighted by molar-refractivity contribution is -0.120. The number of halogens is 2. The number of amides is 3. The molecule has 3 amide bonds. The Bertz CT molecular complexity index is 1340. The van der Waals surface area contributed by atoms with Crippen LogP contribution in [-0.2, 0) is 9.59 Å². The molecule has 0 spiro atoms. The van der Waals surface area contributed by atoms with Crippen molar-refractivity contribution in [1.82, 2.24) is 0 Å². The van der Waals surface area contributed by atoms with Gasteiger partial charge in [-0.25, -0.2) is 4.90 Å². The lowest BCUT2D eigenvalue weighted by atomic mass is 10.1. The largest absolute Gasteiger partial charge is 0.495 e. The molecule has 4 rings (SSSR count). The van der Waals surface area contributed by atoms with E-state index in [0.717, 1.165) is 10.5 Å². The fraction of sp³-hybridized carbons (Fsp3) is 0.0800. The number of benzene rings is 3. The Morgan fingerprint density at radius 3 is 2.32 bits per heavy atom. The molecular formula is C25H19Cl2N3O4. The minimum absolute atomic E-state index is 0.0768. The summed E-state index contributed by atoms with van der Waals surface area (Å²) in [6.45, 7) is 1.80. The highest BCUT2D eigenvalue weighted by atomic mass is 35.5. The summed E-state index contributed by atoms with van der Waals surface area (Å²) in [4.78, 5) is 39.5. The number of hydrogen-bond donors (Lipinski definition) is 2. The highest BCUT2D eigenvalue weighted by Crippen LogP contribution is 2.32. The van der Waals surface area contributed by atoms with Gasteiger partial charge < -0.3 is 15.4 Å². The second kappa shape index (κ2) is 9.59. The molecule has 1 heterocycles. The normalized spacial score (nSPS) is 13.4. The number of para-hydroxylation sites is 2. The monoisotopic (exact) mass is 495 g/mol. The van der Waals surface area contributed by atoms with E-state index in [1.54, 1.807) is 73.7 Å². The Hall–Kier alpha value is -3.81. The Morgan fingerprint density at radius 2 is 1.62 bits per heavy atom. The molecule has 0 aromatic heterocycles. The van der Waals surface area contributed by atoms with Gasteiger partial charge in [-0.1, -0.05) is 41.4 Å². The topological polar surface area (TPSA) is 87.7 Å². The third-order valence-electron chi connectivity index (χ3n) is 5.23. The minimum atomic E-state index is -0.654. The number of nitrogens with one attached hydrogen (secondary N) is 2. The summed E-state index contributed by atoms with van der Waals surface area (Å²) in [6.07, 6.45) is 0. The van der Waals surface area contributed by atoms with Crippen molar-refractivity contribution in [2.24, 2.45) is 0 Å². The van der Waals surface area contributed by atoms with Gasteiger partial charge in [-0.2, -0.15) is 0 Å². The van der Waals surface area contributed by atoms with Gasteiger partial charge in [0.25, 0.3) is 17.7 Å². The molecule has 0 radical (unpaired) electrons. The molecule has 9 heteroatoms. The van der Waals surface area contributed by atoms with E-state index >= 15 is 0 Å². The summed E-state index contributed by atoms with van der Waals surface area (Å²) in [6, 6.07) is 18.3. The van der Waals surface area contributed by atoms with Crippen LogP contribution in [-0.4, -0.2) is 24.8 Å². The Balaban J connectivity index is 1.59. The van der Waals surface area contributed by atoms with Gasteiger partial charge in [0.15, 0.2) is 0 Å². The zero-order valence-electron chi connectivity index (χ0n) is 18.2. The predicted molar refractivity (Wildman–Crippen MR) is 133 cm³/mol. The van der Waals surface area contributed by atoms with Gasteiger partial charge in [0, 0.05) is 16.3 Å². The predicted octanol–water partition coefficient (Wildman–Crippen LogP) is 5.35. The van der Waals surface area contributed by atoms with Crippen LogP contribution in [0.25, 0.3) is 0 Å². The first-order valence-electron chi connectivity index (χ1n) is 10.2. The summed E-state index contributed by atoms with van der Waals surface area (Å²) >= 11 is 12.1. The van der Waals surface area contributed by atoms with Crippen molar-refractivity contribution in [1.29, 1.82) is 0 Å². The van der Waals surface area contributed by atoms with Crippen LogP contribution in [0, 0.1) is 6.92 Å². The number of ether oxygens (including phenoxy) is 1. The van der Waals surface area contributed by atoms with Crippen LogP contribution < -0.4 is 20.3 Å². The first-order chi connectivity index (χ1) is 16.3. The van der Waals surface area contributed by atoms with Crippen LogP contribution in [0.4, 0.5) is 17.1 Å². The molecule has 0 unspecified atom stereocenters. The minimum Gasteiger partial charge on any atom is -0.495 e. The molecule has 1 aliphatic heterocycles. The fourth-order valence-corrected chi connectivity index (χ4v) is 3.75. The van der Waals surface area contributed by atoms with Crippen LogP contribution in [0.3, 0.4) is 0 Å². The van der Waals surface area contributed by atoms with Crippen molar-refractivity contribution in [2.75, 3.05) is 22.6 Å². The number of carbonyl (C=O) groups excluding carboxylic acids is 3. The third kappa shape index (κ3) is 4.48. The van der Waals surface area contributed by atoms with Gasteiger partial charge in [-0.05, 0) is 61.0 Å². The maximum absolute atomic E-state index is 13.0. The number of hydrogen-bond acceptors (Lipinski definition) is 5. The highest BCUT2D eigenvalue weighted by Gasteiger charge is 2.39. The van der Waals surface area contributed by atoms with Crippen molar-refractivity contribution >= 4 is 58.0 Å². The highest BCUT2D eigenvalue weighted by molar-refractivity contribution is 6.53. The molecule has 172 valence electrons. The smallest absolute Gasteiger partial charge is 0.283 e. The fourth-order valence-electron chi connectivity index (χ4n) is 3.41. The molecule has 34 heavy (non-hydrogen) atoms. The van der Waals surface area contributed by atoms with Crippen molar-refractivity contribution in [3.05, 3.63) is 93.6 Å². The number of aryl methyl sites for hydroxylation is 1. The molecular weight excluding hydrogens is 477 g/mol. The Labute approximate surface area is 205 Å². The summed E-state index contributed by atoms with van der Waals surface area (Å²) in [7, 11) is 1.52. The number of rotatable bonds is 6. The molecule has 7 nitrogen and oxygen atoms in total. The second-order valence-corrected chi connectivity index (χ2v) is 8.23. The van der Waals surface area contributed by atoms with Crippen LogP contribution in [0.1, 0.15) is 15.9 Å². The maximum Gasteiger partial charge on any atom is 0.283 e. The quantitative estimate of drug-likeness (QED) is 0.450. The van der Waals surface area contributed by atoms with E-state index < -0.39 is 11.8 Å². The number of carbonyl (C=O) groups is 3. The third-order valence-corrected chi connectivity index (χ3v) is 5.83. The van der Waals surface area contributed by atoms with Gasteiger partial charge in [0.2, 0.25) is 0 Å². The van der Waals surface area contributed by atoms with E-state index in [1.807, 2.05) is 0 Å². The van der Waals surface area contributed by atoms with E-state index in [-0.39, 0.29) is 16.6 Å². The average Bonchev–Trinajstić information content (AvgIpc) is 3.04. The average molecular weight is 496 g/mol. The SMILES string of the molecule is COc1ccccc1NC(=O)c1ccc(C)c(NC2=C(Cl)C(=O)N(c3ccc(Cl)cc3)C2=O)c1. The van der Waals surface area contributed by atoms with Crippen molar-refractivity contribution < 1.29 is 19.1 Å². The second-order valence-electron chi connectivity index (χ2n) is 7.42. The van der Waals surface area contributed by atoms with Crippen molar-refractivity contribution in [2.45, 2.75) is 6.92 Å². The Morgan fingerprint density at radius 1 is 0.912 bits per heavy atom. The number of methoxy groups -OCH3 is 1. The van der Waals surface area contributed by atoms with E-state index in [2.05, 4.69) is 10.6 Å². The zero-order valence-corrected chi connectivity index (χ0v) is 19.7. The van der Waals surface area contributed by atoms with Crippen LogP contribution in [0.2, 0.25) is 5.02 Å². The van der Waals surface area contributed by atoms with Crippen LogP contribution in [0.5, 0.6) is 5.75 Å². The zero-order chi connectivity index (χ0) is 24.4. The van der Waals surface area contributed by atoms with Crippen LogP contribution in [0.15, 0.2) is 77.5 Å². The first kappa shape index (κ1) is 23.4. The van der Waals surface area contributed by atoms with Crippen molar-refractivity contribution in [3.8, 4) is 5.75 Å². The molecule has 0 saturated heterocycles. The Kier molecular flexibility index (Phi) is 6.58. The molecule has 1 aliphatic rings. The molecule has 2 N–H and O–H groups in total. The number of anilines is 3. The lowest BCUT2D eigenvalue weighted by Gasteiger charge is -2.16. The molecule has 0 fully saturated rings. The van der Waals surface area contributed by atoms with Gasteiger partial charge in [-0.15, -0.1) is 0 Å². The molecule has 0 atom stereocenters. The molecule has 3 aromatic rings. The summed E-state index contributed by atoms with van der Waals surface area (Å²) in [5, 5.41) is 5.97. The van der Waals surface area contributed by atoms with Gasteiger partial charge in [0.1, 0.15) is 16.5 Å². The molecule has 0 bridgehead atoms. The summed E-state index contributed by atoms with van der Waals surface area (Å²) in [5.41, 5.74) is 2.33. The number of nitrogens with zero attached hydrogens (tertiary/aromatic N) is 1. The van der Waals surface area contributed by atoms with Gasteiger partial charge in [-0.3, -0.25) is 14.4 Å². The molecule has 0 aliphatic carbocycles. The summed E-state index contributed by atoms with van der Waals surface area (Å²) < 4.78 is 5.27. The first-order valence-corrected chi connectivity index (χ1v) is 10.9. The van der Waals surface area contributed by atoms with Gasteiger partial charge in [0.05, 0.1) is 18.5 Å². The van der Waals surface area contributed by atoms with Gasteiger partial charge >= 0.3 is 0 Å². The molecule has 0 saturated carbocycles. The van der Waals surface area contributed by atoms with E-state index in [1.165, 1.54) is 7.11 Å². The lowest BCUT2D eigenvalue weighted by Crippen LogP contribution is -2.32. The standard InChI is InChI=1S/C25H19Cl2N3O4/c1-14-7-8-15(23(31)29-18-5-3-4-6-20(18)34-2)13-19(14)28-22-21(27)24(32)30(25(22)33)17-11-9-16(26)10-12-17/h3-13,28H,1-2H3,(H,29,31).